The zero-order valence-electron chi connectivity index (χ0n) is 17.3. The fraction of sp³-hybridized carbons (Fsp3) is 0.167. The van der Waals surface area contributed by atoms with E-state index in [4.69, 9.17) is 4.74 Å². The Morgan fingerprint density at radius 1 is 1.03 bits per heavy atom. The van der Waals surface area contributed by atoms with E-state index in [9.17, 15) is 9.90 Å². The number of ether oxygens (including phenoxy) is 1. The lowest BCUT2D eigenvalue weighted by molar-refractivity contribution is 0.0697. The van der Waals surface area contributed by atoms with Gasteiger partial charge in [-0.2, -0.15) is 0 Å². The van der Waals surface area contributed by atoms with Crippen molar-refractivity contribution in [3.63, 3.8) is 0 Å². The number of methoxy groups -OCH3 is 1. The molecule has 0 saturated carbocycles. The van der Waals surface area contributed by atoms with E-state index >= 15 is 0 Å². The molecule has 156 valence electrons. The Labute approximate surface area is 179 Å². The third-order valence-corrected chi connectivity index (χ3v) is 5.03. The van der Waals surface area contributed by atoms with Crippen molar-refractivity contribution >= 4 is 22.7 Å². The fourth-order valence-corrected chi connectivity index (χ4v) is 3.36. The summed E-state index contributed by atoms with van der Waals surface area (Å²) in [6.07, 6.45) is 5.67. The molecule has 31 heavy (non-hydrogen) atoms. The van der Waals surface area contributed by atoms with E-state index in [2.05, 4.69) is 20.3 Å². The van der Waals surface area contributed by atoms with Crippen LogP contribution < -0.4 is 10.1 Å². The molecule has 0 bridgehead atoms. The number of hydrogen-bond donors (Lipinski definition) is 2. The first kappa shape index (κ1) is 20.3. The van der Waals surface area contributed by atoms with Gasteiger partial charge in [-0.1, -0.05) is 12.1 Å². The van der Waals surface area contributed by atoms with Crippen molar-refractivity contribution in [2.45, 2.75) is 13.3 Å². The van der Waals surface area contributed by atoms with Gasteiger partial charge < -0.3 is 15.2 Å². The van der Waals surface area contributed by atoms with Crippen LogP contribution in [0, 0.1) is 6.92 Å². The summed E-state index contributed by atoms with van der Waals surface area (Å²) in [6.45, 7) is 2.57. The van der Waals surface area contributed by atoms with E-state index in [0.29, 0.717) is 5.56 Å². The maximum absolute atomic E-state index is 11.6. The van der Waals surface area contributed by atoms with Crippen molar-refractivity contribution in [3.8, 4) is 16.9 Å². The quantitative estimate of drug-likeness (QED) is 0.464. The van der Waals surface area contributed by atoms with Crippen LogP contribution in [0.1, 0.15) is 21.6 Å². The summed E-state index contributed by atoms with van der Waals surface area (Å²) in [5.41, 5.74) is 4.20. The third kappa shape index (κ3) is 4.61. The molecule has 0 unspecified atom stereocenters. The van der Waals surface area contributed by atoms with Crippen LogP contribution in [0.15, 0.2) is 61.1 Å². The summed E-state index contributed by atoms with van der Waals surface area (Å²) in [4.78, 5) is 24.7. The minimum atomic E-state index is -1.02. The lowest BCUT2D eigenvalue weighted by Crippen LogP contribution is -2.06. The van der Waals surface area contributed by atoms with Gasteiger partial charge in [-0.05, 0) is 43.2 Å². The summed E-state index contributed by atoms with van der Waals surface area (Å²) >= 11 is 0. The number of carbonyl (C=O) groups is 1. The number of pyridine rings is 3. The molecule has 0 radical (unpaired) electrons. The highest BCUT2D eigenvalue weighted by molar-refractivity contribution is 5.97. The molecular weight excluding hydrogens is 392 g/mol. The molecule has 0 spiro atoms. The molecule has 0 atom stereocenters. The van der Waals surface area contributed by atoms with Crippen LogP contribution >= 0.6 is 0 Å². The smallest absolute Gasteiger partial charge is 0.337 e. The van der Waals surface area contributed by atoms with Gasteiger partial charge in [-0.25, -0.2) is 9.78 Å². The van der Waals surface area contributed by atoms with Gasteiger partial charge in [0.15, 0.2) is 0 Å². The average Bonchev–Trinajstić information content (AvgIpc) is 2.79. The maximum atomic E-state index is 11.6. The summed E-state index contributed by atoms with van der Waals surface area (Å²) in [7, 11) is 1.65. The molecule has 4 rings (SSSR count). The molecule has 0 amide bonds. The number of fused-ring (bicyclic) bond motifs is 1. The van der Waals surface area contributed by atoms with Crippen LogP contribution in [0.4, 0.5) is 5.82 Å². The maximum Gasteiger partial charge on any atom is 0.337 e. The van der Waals surface area contributed by atoms with E-state index in [1.165, 1.54) is 11.8 Å². The molecule has 0 aliphatic carbocycles. The molecule has 0 fully saturated rings. The minimum absolute atomic E-state index is 0.150. The van der Waals surface area contributed by atoms with Crippen molar-refractivity contribution in [3.05, 3.63) is 77.9 Å². The second kappa shape index (κ2) is 8.79. The first-order chi connectivity index (χ1) is 15.0. The fourth-order valence-electron chi connectivity index (χ4n) is 3.36. The van der Waals surface area contributed by atoms with Crippen molar-refractivity contribution in [2.75, 3.05) is 19.0 Å². The second-order valence-corrected chi connectivity index (χ2v) is 7.19. The number of aryl methyl sites for hydroxylation is 1. The molecule has 7 heteroatoms. The van der Waals surface area contributed by atoms with E-state index in [1.807, 2.05) is 43.3 Å². The van der Waals surface area contributed by atoms with Crippen molar-refractivity contribution in [1.29, 1.82) is 0 Å². The van der Waals surface area contributed by atoms with Crippen LogP contribution in [0.5, 0.6) is 5.75 Å². The first-order valence-corrected chi connectivity index (χ1v) is 9.86. The van der Waals surface area contributed by atoms with Crippen molar-refractivity contribution < 1.29 is 14.6 Å². The van der Waals surface area contributed by atoms with Gasteiger partial charge in [-0.3, -0.25) is 9.97 Å². The zero-order chi connectivity index (χ0) is 21.8. The molecule has 0 saturated heterocycles. The van der Waals surface area contributed by atoms with Gasteiger partial charge in [-0.15, -0.1) is 0 Å². The van der Waals surface area contributed by atoms with E-state index < -0.39 is 5.97 Å². The topological polar surface area (TPSA) is 97.2 Å². The van der Waals surface area contributed by atoms with Crippen molar-refractivity contribution in [2.24, 2.45) is 0 Å². The van der Waals surface area contributed by atoms with Crippen molar-refractivity contribution in [1.82, 2.24) is 15.0 Å². The highest BCUT2D eigenvalue weighted by Gasteiger charge is 2.14. The predicted octanol–water partition coefficient (Wildman–Crippen LogP) is 4.36. The highest BCUT2D eigenvalue weighted by atomic mass is 16.5. The Hall–Kier alpha value is -4.00. The molecule has 2 N–H and O–H groups in total. The average molecular weight is 414 g/mol. The van der Waals surface area contributed by atoms with Gasteiger partial charge in [0.1, 0.15) is 11.6 Å². The number of nitrogens with one attached hydrogen (secondary N) is 1. The normalized spacial score (nSPS) is 10.8. The molecule has 0 aliphatic heterocycles. The van der Waals surface area contributed by atoms with E-state index in [-0.39, 0.29) is 5.56 Å². The minimum Gasteiger partial charge on any atom is -0.497 e. The molecule has 0 aliphatic rings. The lowest BCUT2D eigenvalue weighted by atomic mass is 10.0. The number of anilines is 1. The Bertz CT molecular complexity index is 1240. The number of benzene rings is 1. The summed E-state index contributed by atoms with van der Waals surface area (Å²) in [5, 5.41) is 13.6. The first-order valence-electron chi connectivity index (χ1n) is 9.86. The largest absolute Gasteiger partial charge is 0.497 e. The number of aromatic nitrogens is 3. The Morgan fingerprint density at radius 2 is 1.84 bits per heavy atom. The molecule has 7 nitrogen and oxygen atoms in total. The Kier molecular flexibility index (Phi) is 5.75. The van der Waals surface area contributed by atoms with Gasteiger partial charge in [0.25, 0.3) is 0 Å². The predicted molar refractivity (Wildman–Crippen MR) is 120 cm³/mol. The van der Waals surface area contributed by atoms with Crippen LogP contribution in [0.2, 0.25) is 0 Å². The lowest BCUT2D eigenvalue weighted by Gasteiger charge is -2.10. The molecule has 3 heterocycles. The number of carboxylic acid groups (broad SMARTS) is 1. The number of aromatic carboxylic acids is 1. The standard InChI is InChI=1S/C24H22N4O3/c1-15-9-20(21(14-26-15)24(29)30)17-10-18-13-28-23(11-22(18)27-12-17)25-8-7-16-3-5-19(31-2)6-4-16/h3-6,9-14H,7-8H2,1-2H3,(H,25,28)(H,29,30). The number of nitrogens with zero attached hydrogens (tertiary/aromatic N) is 3. The zero-order valence-corrected chi connectivity index (χ0v) is 17.3. The van der Waals surface area contributed by atoms with Crippen LogP contribution in [0.25, 0.3) is 22.0 Å². The summed E-state index contributed by atoms with van der Waals surface area (Å²) in [6, 6.07) is 13.5. The monoisotopic (exact) mass is 414 g/mol. The summed E-state index contributed by atoms with van der Waals surface area (Å²) < 4.78 is 5.18. The third-order valence-electron chi connectivity index (χ3n) is 5.03. The number of hydrogen-bond acceptors (Lipinski definition) is 6. The SMILES string of the molecule is COc1ccc(CCNc2cc3ncc(-c4cc(C)ncc4C(=O)O)cc3cn2)cc1. The molecule has 3 aromatic heterocycles. The highest BCUT2D eigenvalue weighted by Crippen LogP contribution is 2.27. The second-order valence-electron chi connectivity index (χ2n) is 7.19. The summed E-state index contributed by atoms with van der Waals surface area (Å²) in [5.74, 6) is 0.570. The van der Waals surface area contributed by atoms with Gasteiger partial charge in [0.2, 0.25) is 0 Å². The number of carboxylic acids is 1. The molecule has 1 aromatic carbocycles. The van der Waals surface area contributed by atoms with Crippen LogP contribution in [0.3, 0.4) is 0 Å². The molecule has 4 aromatic rings. The Balaban J connectivity index is 1.51. The van der Waals surface area contributed by atoms with Gasteiger partial charge >= 0.3 is 5.97 Å². The van der Waals surface area contributed by atoms with Gasteiger partial charge in [0.05, 0.1) is 18.2 Å². The Morgan fingerprint density at radius 3 is 2.58 bits per heavy atom. The van der Waals surface area contributed by atoms with Crippen LogP contribution in [-0.2, 0) is 6.42 Å². The van der Waals surface area contributed by atoms with Crippen LogP contribution in [-0.4, -0.2) is 39.7 Å². The van der Waals surface area contributed by atoms with Gasteiger partial charge in [0, 0.05) is 53.4 Å². The number of rotatable bonds is 7. The van der Waals surface area contributed by atoms with E-state index in [0.717, 1.165) is 46.7 Å². The molecular formula is C24H22N4O3. The van der Waals surface area contributed by atoms with E-state index in [1.54, 1.807) is 25.6 Å².